The van der Waals surface area contributed by atoms with Crippen LogP contribution in [0.25, 0.3) is 0 Å². The molecule has 0 bridgehead atoms. The SMILES string of the molecule is CC[C@H](C)[C@@H]([C@@H](CC(=O)N(C(=O)C1CCCN1C(=O)C1CCCN1)C(C)C)OC)N(C)C(=O)[C@@H](NC(=O)[C@H](C(C)C)N(C)C)C(C)C. The van der Waals surface area contributed by atoms with Crippen molar-refractivity contribution in [3.8, 4) is 0 Å². The number of methoxy groups -OCH3 is 1. The Kier molecular flexibility index (Phi) is 15.8. The van der Waals surface area contributed by atoms with Crippen LogP contribution in [0.1, 0.15) is 93.9 Å². The minimum Gasteiger partial charge on any atom is -0.379 e. The molecule has 12 heteroatoms. The lowest BCUT2D eigenvalue weighted by atomic mass is 9.89. The summed E-state index contributed by atoms with van der Waals surface area (Å²) in [6, 6.07) is -3.07. The fraction of sp³-hybridized carbons (Fsp3) is 0.857. The third kappa shape index (κ3) is 9.98. The smallest absolute Gasteiger partial charge is 0.252 e. The van der Waals surface area contributed by atoms with Crippen LogP contribution in [0.4, 0.5) is 0 Å². The van der Waals surface area contributed by atoms with Crippen LogP contribution in [0.5, 0.6) is 0 Å². The van der Waals surface area contributed by atoms with Crippen LogP contribution in [0.15, 0.2) is 0 Å². The zero-order valence-corrected chi connectivity index (χ0v) is 31.2. The van der Waals surface area contributed by atoms with E-state index >= 15 is 0 Å². The Morgan fingerprint density at radius 3 is 2.04 bits per heavy atom. The summed E-state index contributed by atoms with van der Waals surface area (Å²) in [5.74, 6) is -1.50. The van der Waals surface area contributed by atoms with Crippen LogP contribution in [0.3, 0.4) is 0 Å². The predicted molar refractivity (Wildman–Crippen MR) is 183 cm³/mol. The molecule has 0 radical (unpaired) electrons. The minimum absolute atomic E-state index is 0.0443. The van der Waals surface area contributed by atoms with Gasteiger partial charge in [-0.05, 0) is 77.9 Å². The molecular weight excluding hydrogens is 600 g/mol. The molecule has 47 heavy (non-hydrogen) atoms. The average Bonchev–Trinajstić information content (AvgIpc) is 3.71. The molecule has 2 rings (SSSR count). The van der Waals surface area contributed by atoms with Gasteiger partial charge in [0.05, 0.1) is 30.7 Å². The summed E-state index contributed by atoms with van der Waals surface area (Å²) in [6.07, 6.45) is 2.78. The Balaban J connectivity index is 2.32. The number of ether oxygens (including phenoxy) is 1. The van der Waals surface area contributed by atoms with Crippen molar-refractivity contribution >= 4 is 29.5 Å². The van der Waals surface area contributed by atoms with Gasteiger partial charge in [-0.3, -0.25) is 33.8 Å². The molecule has 2 heterocycles. The van der Waals surface area contributed by atoms with Gasteiger partial charge >= 0.3 is 0 Å². The van der Waals surface area contributed by atoms with E-state index < -0.39 is 42.2 Å². The number of nitrogens with one attached hydrogen (secondary N) is 2. The third-order valence-electron chi connectivity index (χ3n) is 9.97. The number of hydrogen-bond donors (Lipinski definition) is 2. The van der Waals surface area contributed by atoms with E-state index in [1.807, 2.05) is 60.5 Å². The van der Waals surface area contributed by atoms with E-state index in [-0.39, 0.29) is 53.8 Å². The molecule has 2 N–H and O–H groups in total. The number of rotatable bonds is 16. The summed E-state index contributed by atoms with van der Waals surface area (Å²) in [7, 11) is 6.92. The summed E-state index contributed by atoms with van der Waals surface area (Å²) < 4.78 is 5.94. The molecule has 2 fully saturated rings. The van der Waals surface area contributed by atoms with Gasteiger partial charge in [0, 0.05) is 26.7 Å². The molecule has 0 aliphatic carbocycles. The molecule has 0 saturated carbocycles. The van der Waals surface area contributed by atoms with Crippen LogP contribution in [0, 0.1) is 17.8 Å². The number of nitrogens with zero attached hydrogens (tertiary/aromatic N) is 4. The maximum absolute atomic E-state index is 14.1. The van der Waals surface area contributed by atoms with E-state index in [0.717, 1.165) is 19.4 Å². The topological polar surface area (TPSA) is 132 Å². The van der Waals surface area contributed by atoms with Gasteiger partial charge in [0.2, 0.25) is 23.6 Å². The number of likely N-dealkylation sites (N-methyl/N-ethyl adjacent to an activating group) is 2. The third-order valence-corrected chi connectivity index (χ3v) is 9.97. The second kappa shape index (κ2) is 18.3. The van der Waals surface area contributed by atoms with Crippen LogP contribution < -0.4 is 10.6 Å². The van der Waals surface area contributed by atoms with E-state index in [4.69, 9.17) is 4.74 Å². The Morgan fingerprint density at radius 1 is 0.936 bits per heavy atom. The molecule has 270 valence electrons. The normalized spacial score (nSPS) is 21.6. The lowest BCUT2D eigenvalue weighted by Gasteiger charge is -2.41. The van der Waals surface area contributed by atoms with Crippen molar-refractivity contribution in [1.29, 1.82) is 0 Å². The Labute approximate surface area is 283 Å². The van der Waals surface area contributed by atoms with Crippen molar-refractivity contribution in [2.75, 3.05) is 41.3 Å². The molecule has 12 nitrogen and oxygen atoms in total. The maximum Gasteiger partial charge on any atom is 0.252 e. The number of carbonyl (C=O) groups excluding carboxylic acids is 5. The molecule has 2 saturated heterocycles. The summed E-state index contributed by atoms with van der Waals surface area (Å²) in [5, 5.41) is 6.25. The zero-order chi connectivity index (χ0) is 35.7. The van der Waals surface area contributed by atoms with Crippen molar-refractivity contribution in [3.63, 3.8) is 0 Å². The fourth-order valence-electron chi connectivity index (χ4n) is 7.31. The first-order valence-corrected chi connectivity index (χ1v) is 17.7. The molecule has 7 atom stereocenters. The fourth-order valence-corrected chi connectivity index (χ4v) is 7.31. The molecule has 0 aromatic carbocycles. The van der Waals surface area contributed by atoms with Crippen molar-refractivity contribution in [1.82, 2.24) is 30.2 Å². The van der Waals surface area contributed by atoms with E-state index in [1.54, 1.807) is 30.7 Å². The van der Waals surface area contributed by atoms with Crippen LogP contribution >= 0.6 is 0 Å². The van der Waals surface area contributed by atoms with E-state index in [2.05, 4.69) is 10.6 Å². The molecule has 0 aromatic heterocycles. The summed E-state index contributed by atoms with van der Waals surface area (Å²) in [4.78, 5) is 75.2. The van der Waals surface area contributed by atoms with Gasteiger partial charge in [-0.15, -0.1) is 0 Å². The number of hydrogen-bond acceptors (Lipinski definition) is 8. The quantitative estimate of drug-likeness (QED) is 0.258. The zero-order valence-electron chi connectivity index (χ0n) is 31.2. The number of likely N-dealkylation sites (tertiary alicyclic amines) is 1. The first-order chi connectivity index (χ1) is 22.0. The summed E-state index contributed by atoms with van der Waals surface area (Å²) in [6.45, 7) is 16.7. The highest BCUT2D eigenvalue weighted by Gasteiger charge is 2.44. The molecule has 0 aromatic rings. The van der Waals surface area contributed by atoms with Gasteiger partial charge in [0.15, 0.2) is 0 Å². The van der Waals surface area contributed by atoms with E-state index in [0.29, 0.717) is 25.8 Å². The lowest BCUT2D eigenvalue weighted by Crippen LogP contribution is -2.60. The first-order valence-electron chi connectivity index (χ1n) is 17.7. The molecule has 5 amide bonds. The molecular formula is C35H64N6O6. The van der Waals surface area contributed by atoms with Gasteiger partial charge in [-0.2, -0.15) is 0 Å². The minimum atomic E-state index is -0.776. The average molecular weight is 665 g/mol. The van der Waals surface area contributed by atoms with Crippen molar-refractivity contribution in [2.24, 2.45) is 17.8 Å². The second-order valence-corrected chi connectivity index (χ2v) is 14.7. The molecule has 2 unspecified atom stereocenters. The Hall–Kier alpha value is -2.57. The number of amides is 5. The number of carbonyl (C=O) groups is 5. The monoisotopic (exact) mass is 664 g/mol. The highest BCUT2D eigenvalue weighted by molar-refractivity contribution is 6.00. The first kappa shape index (κ1) is 40.6. The largest absolute Gasteiger partial charge is 0.379 e. The maximum atomic E-state index is 14.1. The predicted octanol–water partition coefficient (Wildman–Crippen LogP) is 2.50. The van der Waals surface area contributed by atoms with Crippen LogP contribution in [-0.2, 0) is 28.7 Å². The molecule has 2 aliphatic heterocycles. The van der Waals surface area contributed by atoms with Gasteiger partial charge in [0.1, 0.15) is 12.1 Å². The van der Waals surface area contributed by atoms with E-state index in [1.165, 1.54) is 12.0 Å². The highest BCUT2D eigenvalue weighted by Crippen LogP contribution is 2.27. The Bertz CT molecular complexity index is 1070. The molecule has 2 aliphatic rings. The Morgan fingerprint density at radius 2 is 1.57 bits per heavy atom. The highest BCUT2D eigenvalue weighted by atomic mass is 16.5. The van der Waals surface area contributed by atoms with Gasteiger partial charge < -0.3 is 25.2 Å². The molecule has 0 spiro atoms. The van der Waals surface area contributed by atoms with E-state index in [9.17, 15) is 24.0 Å². The number of imide groups is 1. The lowest BCUT2D eigenvalue weighted by molar-refractivity contribution is -0.156. The van der Waals surface area contributed by atoms with Crippen molar-refractivity contribution in [3.05, 3.63) is 0 Å². The van der Waals surface area contributed by atoms with Crippen LogP contribution in [0.2, 0.25) is 0 Å². The van der Waals surface area contributed by atoms with Crippen LogP contribution in [-0.4, -0.2) is 133 Å². The summed E-state index contributed by atoms with van der Waals surface area (Å²) >= 11 is 0. The van der Waals surface area contributed by atoms with Crippen molar-refractivity contribution in [2.45, 2.75) is 136 Å². The van der Waals surface area contributed by atoms with Gasteiger partial charge in [0.25, 0.3) is 5.91 Å². The van der Waals surface area contributed by atoms with Gasteiger partial charge in [-0.25, -0.2) is 0 Å². The van der Waals surface area contributed by atoms with Gasteiger partial charge in [-0.1, -0.05) is 48.0 Å². The second-order valence-electron chi connectivity index (χ2n) is 14.7. The summed E-state index contributed by atoms with van der Waals surface area (Å²) in [5.41, 5.74) is 0. The van der Waals surface area contributed by atoms with Crippen molar-refractivity contribution < 1.29 is 28.7 Å². The standard InChI is InChI=1S/C35H64N6O6/c1-13-24(8)31(39(11)35(46)29(21(2)3)37-32(43)30(22(4)5)38(9)10)27(47-12)20-28(42)41(23(6)7)34(45)26-17-15-19-40(26)33(44)25-16-14-18-36-25/h21-27,29-31,36H,13-20H2,1-12H3,(H,37,43)/t24-,25?,26?,27+,29-,30-,31-/m0/s1.